The molecule has 3 amide bonds. The van der Waals surface area contributed by atoms with E-state index in [4.69, 9.17) is 63.4 Å². The van der Waals surface area contributed by atoms with Crippen LogP contribution in [0.2, 0.25) is 0 Å². The number of aliphatic carboxylic acids is 2. The molecule has 124 heavy (non-hydrogen) atoms. The largest absolute Gasteiger partial charge is 0.473 e. The van der Waals surface area contributed by atoms with Gasteiger partial charge in [-0.1, -0.05) is 53.7 Å². The van der Waals surface area contributed by atoms with Gasteiger partial charge >= 0.3 is 54.1 Å². The summed E-state index contributed by atoms with van der Waals surface area (Å²) in [6, 6.07) is 28.4. The summed E-state index contributed by atoms with van der Waals surface area (Å²) in [6.07, 6.45) is 5.50. The van der Waals surface area contributed by atoms with Gasteiger partial charge in [-0.25, -0.2) is 69.5 Å². The Hall–Kier alpha value is -12.6. The van der Waals surface area contributed by atoms with E-state index in [1.54, 1.807) is 70.5 Å². The number of carbonyl (C=O) groups is 11. The highest BCUT2D eigenvalue weighted by Gasteiger charge is 2.36. The van der Waals surface area contributed by atoms with Crippen molar-refractivity contribution < 1.29 is 141 Å². The predicted octanol–water partition coefficient (Wildman–Crippen LogP) is 16.3. The van der Waals surface area contributed by atoms with Crippen molar-refractivity contribution in [3.8, 4) is 57.5 Å². The normalized spacial score (nSPS) is 14.5. The molecule has 0 spiro atoms. The molecule has 3 atom stereocenters. The van der Waals surface area contributed by atoms with E-state index in [1.807, 2.05) is 53.4 Å². The molecule has 3 saturated heterocycles. The number of carbonyl (C=O) groups excluding carboxylic acids is 9. The molecule has 0 unspecified atom stereocenters. The predicted molar refractivity (Wildman–Crippen MR) is 443 cm³/mol. The molecule has 0 aliphatic carbocycles. The number of rotatable bonds is 16. The summed E-state index contributed by atoms with van der Waals surface area (Å²) in [4.78, 5) is 130. The maximum atomic E-state index is 14.1. The fraction of sp³-hybridized carbons (Fsp3) is 0.391. The van der Waals surface area contributed by atoms with Crippen LogP contribution in [0, 0.1) is 46.7 Å². The quantitative estimate of drug-likeness (QED) is 0.0102. The van der Waals surface area contributed by atoms with Crippen LogP contribution in [-0.2, 0) is 52.3 Å². The van der Waals surface area contributed by atoms with Crippen LogP contribution >= 0.6 is 15.9 Å². The van der Waals surface area contributed by atoms with E-state index in [0.29, 0.717) is 61.3 Å². The van der Waals surface area contributed by atoms with Crippen LogP contribution in [0.15, 0.2) is 134 Å². The number of nitrogens with one attached hydrogen (secondary N) is 1. The van der Waals surface area contributed by atoms with Crippen molar-refractivity contribution in [2.24, 2.45) is 5.73 Å². The molecule has 7 aromatic rings. The number of hydrogen-bond donors (Lipinski definition) is 4. The summed E-state index contributed by atoms with van der Waals surface area (Å²) in [6.45, 7) is 19.8. The van der Waals surface area contributed by atoms with Gasteiger partial charge in [-0.3, -0.25) is 14.3 Å². The van der Waals surface area contributed by atoms with Gasteiger partial charge in [0.15, 0.2) is 63.7 Å². The average molecular weight is 1810 g/mol. The summed E-state index contributed by atoms with van der Waals surface area (Å²) in [7, 11) is 4.76. The number of piperidine rings is 3. The summed E-state index contributed by atoms with van der Waals surface area (Å²) in [5, 5.41) is 18.2. The molecule has 10 rings (SSSR count). The molecule has 6 aromatic carbocycles. The number of carboxylic acids is 2. The van der Waals surface area contributed by atoms with Gasteiger partial charge in [-0.05, 0) is 203 Å². The Morgan fingerprint density at radius 2 is 0.823 bits per heavy atom. The summed E-state index contributed by atoms with van der Waals surface area (Å²) in [5.74, 6) is -8.80. The Kier molecular flexibility index (Phi) is 42.7. The first-order valence-corrected chi connectivity index (χ1v) is 38.8. The number of Topliss-reactive ketones (excluding diaryl/α,β-unsaturated/α-hetero) is 2. The molecule has 0 saturated carbocycles. The number of para-hydroxylation sites is 3. The number of esters is 4. The summed E-state index contributed by atoms with van der Waals surface area (Å²) < 4.78 is 134. The van der Waals surface area contributed by atoms with E-state index in [9.17, 15) is 69.5 Å². The number of aromatic nitrogens is 1. The fourth-order valence-corrected chi connectivity index (χ4v) is 11.6. The smallest absolute Gasteiger partial charge is 0.414 e. The second-order valence-electron chi connectivity index (χ2n) is 29.7. The fourth-order valence-electron chi connectivity index (χ4n) is 11.3. The number of likely N-dealkylation sites (tertiary alicyclic amines) is 3. The van der Waals surface area contributed by atoms with E-state index < -0.39 is 111 Å². The Morgan fingerprint density at radius 1 is 0.476 bits per heavy atom. The number of alkyl halides is 1. The van der Waals surface area contributed by atoms with Crippen LogP contribution in [0.4, 0.5) is 45.4 Å². The van der Waals surface area contributed by atoms with E-state index in [2.05, 4.69) is 30.7 Å². The molecular weight excluding hydrogens is 1710 g/mol. The molecule has 4 heterocycles. The molecule has 3 fully saturated rings. The monoisotopic (exact) mass is 1810 g/mol. The number of benzene rings is 6. The average Bonchev–Trinajstić information content (AvgIpc) is 1.61. The molecule has 5 N–H and O–H groups in total. The second kappa shape index (κ2) is 50.1. The number of nitrogens with two attached hydrogens (primary N) is 1. The number of halogens is 8. The lowest BCUT2D eigenvalue weighted by Crippen LogP contribution is -2.50. The highest BCUT2D eigenvalue weighted by atomic mass is 79.9. The van der Waals surface area contributed by atoms with E-state index in [0.717, 1.165) is 68.6 Å². The summed E-state index contributed by atoms with van der Waals surface area (Å²) in [5.41, 5.74) is 5.93. The molecule has 37 heteroatoms. The summed E-state index contributed by atoms with van der Waals surface area (Å²) >= 11 is 3.06. The van der Waals surface area contributed by atoms with Crippen LogP contribution in [0.1, 0.15) is 156 Å². The third-order valence-corrected chi connectivity index (χ3v) is 17.4. The first kappa shape index (κ1) is 106. The van der Waals surface area contributed by atoms with E-state index in [-0.39, 0.29) is 101 Å². The lowest BCUT2D eigenvalue weighted by Gasteiger charge is -2.35. The minimum atomic E-state index is -1.82. The minimum Gasteiger partial charge on any atom is -0.473 e. The lowest BCUT2D eigenvalue weighted by atomic mass is 10.0. The van der Waals surface area contributed by atoms with Gasteiger partial charge in [0.1, 0.15) is 45.3 Å². The molecule has 0 bridgehead atoms. The van der Waals surface area contributed by atoms with Crippen molar-refractivity contribution in [1.29, 1.82) is 0 Å². The highest BCUT2D eigenvalue weighted by Crippen LogP contribution is 2.38. The third-order valence-electron chi connectivity index (χ3n) is 16.9. The SMILES string of the molecule is C.CC(C)(C)OC(=O)N1CCC[C@@H](N)C1.CC(C)(C)OC(=O)N1CCC[C@@H](NCC(=O)c2ccc(Oc3c(F)cccc3F)cc2)C1.COC(=O)C#CC(=O)OC.COC(=O)c1c(-c2ccc(Oc3c(F)cccc3F)cc2)cn([C@@H]2CCCN(C(=O)OC(C)(C)C)C2)c1C(=O)OC.F.O=C(CBr)c1ccc(Oc2c(F)cccc2F)cc1.O=C(O)C(=O)O. The van der Waals surface area contributed by atoms with Crippen molar-refractivity contribution >= 4 is 81.6 Å². The van der Waals surface area contributed by atoms with Gasteiger partial charge in [0.2, 0.25) is 0 Å². The molecule has 674 valence electrons. The van der Waals surface area contributed by atoms with Crippen molar-refractivity contribution in [2.45, 2.75) is 143 Å². The van der Waals surface area contributed by atoms with Crippen LogP contribution in [0.3, 0.4) is 0 Å². The molecular formula is C87H102BrF7N6O23. The van der Waals surface area contributed by atoms with Gasteiger partial charge in [0, 0.05) is 86.1 Å². The molecule has 0 radical (unpaired) electrons. The van der Waals surface area contributed by atoms with Gasteiger partial charge in [0.25, 0.3) is 0 Å². The zero-order chi connectivity index (χ0) is 90.9. The number of amides is 3. The standard InChI is InChI=1S/C30H32F2N2O7.C24H28F2N2O4.C14H9BrF2O2.C10H20N2O2.C6H6O4.C2H2O4.CH4.FH/c1-30(2,3)41-29(37)33-15-7-8-19(16-33)34-17-21(24(27(35)38-4)25(34)28(36)39-5)18-11-13-20(14-12-18)40-26-22(31)9-6-10-23(26)32;1-24(2,3)32-23(30)28-13-5-6-17(15-28)27-14-21(29)16-9-11-18(12-10-16)31-22-19(25)7-4-8-20(22)26;15-8-13(18)9-4-6-10(7-5-9)19-14-11(16)2-1-3-12(14)17;1-10(2,3)14-9(13)12-6-4-5-8(11)7-12;1-9-5(7)3-4-6(8)10-2;3-1(4)2(5)6;;/h6,9-14,17,19H,7-8,15-16H2,1-5H3;4,7-12,17,27H,5-6,13-15H2,1-3H3;1-7H,8H2;8H,4-7,11H2,1-3H3;1-2H3;(H,3,4)(H,5,6);1H4;1H/t19-;17-;;8-;;;;/m11.1..../s1. The van der Waals surface area contributed by atoms with Gasteiger partial charge in [-0.2, -0.15) is 0 Å². The number of carboxylic acid groups (broad SMARTS) is 2. The Morgan fingerprint density at radius 3 is 1.17 bits per heavy atom. The Bertz CT molecular complexity index is 4760. The maximum absolute atomic E-state index is 14.1. The van der Waals surface area contributed by atoms with Crippen LogP contribution in [0.5, 0.6) is 34.5 Å². The Labute approximate surface area is 721 Å². The first-order valence-electron chi connectivity index (χ1n) is 37.7. The van der Waals surface area contributed by atoms with Crippen LogP contribution < -0.4 is 25.3 Å². The van der Waals surface area contributed by atoms with Crippen LogP contribution in [-0.4, -0.2) is 204 Å². The maximum Gasteiger partial charge on any atom is 0.414 e. The number of hydrogen-bond acceptors (Lipinski definition) is 23. The minimum absolute atomic E-state index is 0. The van der Waals surface area contributed by atoms with Gasteiger partial charge < -0.3 is 87.9 Å². The lowest BCUT2D eigenvalue weighted by molar-refractivity contribution is -0.159. The highest BCUT2D eigenvalue weighted by molar-refractivity contribution is 9.09. The van der Waals surface area contributed by atoms with E-state index in [1.165, 1.54) is 95.2 Å². The molecule has 1 aromatic heterocycles. The zero-order valence-electron chi connectivity index (χ0n) is 69.7. The molecule has 3 aliphatic heterocycles. The molecule has 3 aliphatic rings. The second-order valence-corrected chi connectivity index (χ2v) is 30.3. The van der Waals surface area contributed by atoms with E-state index >= 15 is 0 Å². The topological polar surface area (TPSA) is 373 Å². The third kappa shape index (κ3) is 34.8. The number of methoxy groups -OCH3 is 4. The van der Waals surface area contributed by atoms with Crippen molar-refractivity contribution in [1.82, 2.24) is 24.6 Å². The number of ketones is 2. The van der Waals surface area contributed by atoms with Crippen molar-refractivity contribution in [3.05, 3.63) is 191 Å². The van der Waals surface area contributed by atoms with Gasteiger partial charge in [-0.15, -0.1) is 0 Å². The molecule has 29 nitrogen and oxygen atoms in total. The van der Waals surface area contributed by atoms with Crippen molar-refractivity contribution in [3.63, 3.8) is 0 Å². The van der Waals surface area contributed by atoms with Gasteiger partial charge in [0.05, 0.1) is 46.4 Å². The Balaban J connectivity index is 0.000000422. The van der Waals surface area contributed by atoms with Crippen LogP contribution in [0.25, 0.3) is 11.1 Å². The first-order chi connectivity index (χ1) is 57.4. The zero-order valence-corrected chi connectivity index (χ0v) is 71.3. The van der Waals surface area contributed by atoms with Crippen molar-refractivity contribution in [2.75, 3.05) is 79.6 Å². The number of nitrogens with zero attached hydrogens (tertiary/aromatic N) is 4. The number of ether oxygens (including phenoxy) is 10.